The maximum absolute atomic E-state index is 13.3. The van der Waals surface area contributed by atoms with Gasteiger partial charge in [-0.2, -0.15) is 0 Å². The van der Waals surface area contributed by atoms with Crippen LogP contribution in [0.15, 0.2) is 24.3 Å². The van der Waals surface area contributed by atoms with Gasteiger partial charge in [0, 0.05) is 25.6 Å². The lowest BCUT2D eigenvalue weighted by Crippen LogP contribution is -2.64. The van der Waals surface area contributed by atoms with E-state index in [0.717, 1.165) is 25.9 Å². The lowest BCUT2D eigenvalue weighted by Gasteiger charge is -2.49. The molecule has 1 aromatic rings. The number of rotatable bonds is 3. The molecule has 0 saturated carbocycles. The molecular weight excluding hydrogens is 380 g/mol. The number of hydrogen-bond acceptors (Lipinski definition) is 4. The molecule has 7 nitrogen and oxygen atoms in total. The van der Waals surface area contributed by atoms with E-state index in [-0.39, 0.29) is 24.3 Å². The number of nitrogens with zero attached hydrogens (tertiary/aromatic N) is 4. The minimum absolute atomic E-state index is 0.0110. The van der Waals surface area contributed by atoms with Gasteiger partial charge in [-0.3, -0.25) is 19.3 Å². The number of piperidine rings is 1. The van der Waals surface area contributed by atoms with E-state index in [2.05, 4.69) is 4.90 Å². The lowest BCUT2D eigenvalue weighted by atomic mass is 9.98. The van der Waals surface area contributed by atoms with Crippen molar-refractivity contribution in [2.75, 3.05) is 37.6 Å². The number of amides is 3. The number of fused-ring (bicyclic) bond motifs is 3. The Labute approximate surface area is 177 Å². The van der Waals surface area contributed by atoms with Crippen molar-refractivity contribution < 1.29 is 14.4 Å². The second-order valence-electron chi connectivity index (χ2n) is 9.21. The Morgan fingerprint density at radius 2 is 1.77 bits per heavy atom. The molecule has 4 aliphatic heterocycles. The maximum Gasteiger partial charge on any atom is 0.258 e. The molecule has 0 spiro atoms. The Morgan fingerprint density at radius 1 is 1.07 bits per heavy atom. The van der Waals surface area contributed by atoms with Crippen LogP contribution in [-0.4, -0.2) is 76.8 Å². The second-order valence-corrected chi connectivity index (χ2v) is 9.21. The summed E-state index contributed by atoms with van der Waals surface area (Å²) in [7, 11) is 0. The maximum atomic E-state index is 13.3. The van der Waals surface area contributed by atoms with Crippen LogP contribution < -0.4 is 4.90 Å². The molecule has 1 aromatic carbocycles. The van der Waals surface area contributed by atoms with Crippen LogP contribution in [0.1, 0.15) is 55.8 Å². The van der Waals surface area contributed by atoms with Crippen LogP contribution in [0.3, 0.4) is 0 Å². The van der Waals surface area contributed by atoms with Crippen molar-refractivity contribution >= 4 is 23.4 Å². The molecule has 0 aromatic heterocycles. The number of para-hydroxylation sites is 1. The molecule has 1 unspecified atom stereocenters. The van der Waals surface area contributed by atoms with Crippen molar-refractivity contribution in [2.45, 2.75) is 57.2 Å². The van der Waals surface area contributed by atoms with Gasteiger partial charge < -0.3 is 14.7 Å². The summed E-state index contributed by atoms with van der Waals surface area (Å²) in [5.41, 5.74) is 0.403. The van der Waals surface area contributed by atoms with Crippen LogP contribution in [0.25, 0.3) is 0 Å². The summed E-state index contributed by atoms with van der Waals surface area (Å²) in [5.74, 6) is -0.149. The van der Waals surface area contributed by atoms with Crippen LogP contribution >= 0.6 is 0 Å². The van der Waals surface area contributed by atoms with Crippen LogP contribution in [-0.2, 0) is 9.59 Å². The molecule has 160 valence electrons. The molecule has 1 atom stereocenters. The van der Waals surface area contributed by atoms with Gasteiger partial charge in [0.1, 0.15) is 12.2 Å². The van der Waals surface area contributed by atoms with E-state index in [1.807, 2.05) is 30.0 Å². The van der Waals surface area contributed by atoms with Crippen LogP contribution in [0.4, 0.5) is 5.69 Å². The summed E-state index contributed by atoms with van der Waals surface area (Å²) < 4.78 is 0. The summed E-state index contributed by atoms with van der Waals surface area (Å²) in [5, 5.41) is 0. The monoisotopic (exact) mass is 410 g/mol. The SMILES string of the molecule is CC12CCC(=O)N1c1ccccc1C(=O)N2CC(=O)N1CCC(N2CCCC2)CC1. The van der Waals surface area contributed by atoms with E-state index in [1.54, 1.807) is 15.9 Å². The normalized spacial score (nSPS) is 27.6. The molecule has 3 fully saturated rings. The zero-order valence-corrected chi connectivity index (χ0v) is 17.7. The Morgan fingerprint density at radius 3 is 2.50 bits per heavy atom. The minimum Gasteiger partial charge on any atom is -0.341 e. The van der Waals surface area contributed by atoms with Crippen molar-refractivity contribution in [3.05, 3.63) is 29.8 Å². The molecule has 0 bridgehead atoms. The Balaban J connectivity index is 1.32. The third kappa shape index (κ3) is 3.02. The first-order chi connectivity index (χ1) is 14.5. The van der Waals surface area contributed by atoms with E-state index in [4.69, 9.17) is 0 Å². The molecule has 7 heteroatoms. The van der Waals surface area contributed by atoms with Gasteiger partial charge >= 0.3 is 0 Å². The van der Waals surface area contributed by atoms with Crippen molar-refractivity contribution in [1.29, 1.82) is 0 Å². The van der Waals surface area contributed by atoms with Gasteiger partial charge in [-0.1, -0.05) is 12.1 Å². The Bertz CT molecular complexity index is 873. The average molecular weight is 411 g/mol. The van der Waals surface area contributed by atoms with E-state index in [0.29, 0.717) is 30.1 Å². The average Bonchev–Trinajstić information content (AvgIpc) is 3.40. The molecule has 4 aliphatic rings. The van der Waals surface area contributed by atoms with Crippen LogP contribution in [0, 0.1) is 0 Å². The third-order valence-corrected chi connectivity index (χ3v) is 7.51. The molecule has 5 rings (SSSR count). The highest BCUT2D eigenvalue weighted by molar-refractivity contribution is 6.11. The van der Waals surface area contributed by atoms with Gasteiger partial charge in [-0.25, -0.2) is 0 Å². The lowest BCUT2D eigenvalue weighted by molar-refractivity contribution is -0.135. The quantitative estimate of drug-likeness (QED) is 0.765. The highest BCUT2D eigenvalue weighted by Crippen LogP contribution is 2.43. The van der Waals surface area contributed by atoms with E-state index in [9.17, 15) is 14.4 Å². The highest BCUT2D eigenvalue weighted by Gasteiger charge is 2.53. The van der Waals surface area contributed by atoms with Crippen LogP contribution in [0.5, 0.6) is 0 Å². The van der Waals surface area contributed by atoms with Gasteiger partial charge in [0.25, 0.3) is 5.91 Å². The molecule has 3 saturated heterocycles. The summed E-state index contributed by atoms with van der Waals surface area (Å²) in [6.45, 7) is 5.81. The fourth-order valence-corrected chi connectivity index (χ4v) is 5.76. The number of carbonyl (C=O) groups is 3. The number of carbonyl (C=O) groups excluding carboxylic acids is 3. The van der Waals surface area contributed by atoms with Crippen molar-refractivity contribution in [1.82, 2.24) is 14.7 Å². The first kappa shape index (κ1) is 19.5. The molecule has 3 amide bonds. The predicted octanol–water partition coefficient (Wildman–Crippen LogP) is 2.07. The minimum atomic E-state index is -0.772. The largest absolute Gasteiger partial charge is 0.341 e. The molecule has 0 aliphatic carbocycles. The zero-order valence-electron chi connectivity index (χ0n) is 17.7. The van der Waals surface area contributed by atoms with Gasteiger partial charge in [0.05, 0.1) is 11.3 Å². The summed E-state index contributed by atoms with van der Waals surface area (Å²) in [6.07, 6.45) is 5.52. The van der Waals surface area contributed by atoms with Gasteiger partial charge in [-0.15, -0.1) is 0 Å². The standard InChI is InChI=1S/C23H30N4O3/c1-23-11-8-20(28)27(23)19-7-3-2-6-18(19)22(30)26(23)16-21(29)25-14-9-17(10-15-25)24-12-4-5-13-24/h2-3,6-7,17H,4-5,8-16H2,1H3. The van der Waals surface area contributed by atoms with Crippen LogP contribution in [0.2, 0.25) is 0 Å². The summed E-state index contributed by atoms with van der Waals surface area (Å²) in [6, 6.07) is 7.83. The predicted molar refractivity (Wildman–Crippen MR) is 113 cm³/mol. The fraction of sp³-hybridized carbons (Fsp3) is 0.609. The molecule has 30 heavy (non-hydrogen) atoms. The fourth-order valence-electron chi connectivity index (χ4n) is 5.76. The number of hydrogen-bond donors (Lipinski definition) is 0. The first-order valence-electron chi connectivity index (χ1n) is 11.2. The van der Waals surface area contributed by atoms with Gasteiger partial charge in [-0.05, 0) is 64.3 Å². The molecule has 4 heterocycles. The number of benzene rings is 1. The third-order valence-electron chi connectivity index (χ3n) is 7.51. The Hall–Kier alpha value is -2.41. The first-order valence-corrected chi connectivity index (χ1v) is 11.2. The van der Waals surface area contributed by atoms with E-state index < -0.39 is 5.66 Å². The highest BCUT2D eigenvalue weighted by atomic mass is 16.2. The van der Waals surface area contributed by atoms with E-state index >= 15 is 0 Å². The van der Waals surface area contributed by atoms with Crippen molar-refractivity contribution in [3.8, 4) is 0 Å². The number of anilines is 1. The second kappa shape index (κ2) is 7.38. The summed E-state index contributed by atoms with van der Waals surface area (Å²) in [4.78, 5) is 47.0. The van der Waals surface area contributed by atoms with Gasteiger partial charge in [0.15, 0.2) is 0 Å². The van der Waals surface area contributed by atoms with Gasteiger partial charge in [0.2, 0.25) is 11.8 Å². The van der Waals surface area contributed by atoms with Crippen molar-refractivity contribution in [3.63, 3.8) is 0 Å². The van der Waals surface area contributed by atoms with E-state index in [1.165, 1.54) is 25.9 Å². The molecule has 0 radical (unpaired) electrons. The zero-order chi connectivity index (χ0) is 20.9. The topological polar surface area (TPSA) is 64.2 Å². The molecular formula is C23H30N4O3. The smallest absolute Gasteiger partial charge is 0.258 e. The molecule has 0 N–H and O–H groups in total. The Kier molecular flexibility index (Phi) is 4.81. The summed E-state index contributed by atoms with van der Waals surface area (Å²) >= 11 is 0. The van der Waals surface area contributed by atoms with Crippen molar-refractivity contribution in [2.24, 2.45) is 0 Å². The number of likely N-dealkylation sites (tertiary alicyclic amines) is 2.